The van der Waals surface area contributed by atoms with Gasteiger partial charge in [-0.05, 0) is 23.6 Å². The number of hydrogen-bond acceptors (Lipinski definition) is 2. The molecule has 2 nitrogen and oxygen atoms in total. The lowest BCUT2D eigenvalue weighted by molar-refractivity contribution is 1.57. The Morgan fingerprint density at radius 3 is 2.28 bits per heavy atom. The van der Waals surface area contributed by atoms with Crippen molar-refractivity contribution in [2.24, 2.45) is 0 Å². The molecular formula is C16H14N2. The molecule has 0 bridgehead atoms. The van der Waals surface area contributed by atoms with Gasteiger partial charge in [-0.2, -0.15) is 0 Å². The number of nitrogens with one attached hydrogen (secondary N) is 1. The molecule has 0 aliphatic rings. The second-order valence-corrected chi connectivity index (χ2v) is 4.24. The van der Waals surface area contributed by atoms with Gasteiger partial charge in [-0.15, -0.1) is 0 Å². The van der Waals surface area contributed by atoms with Crippen LogP contribution in [0.3, 0.4) is 0 Å². The van der Waals surface area contributed by atoms with E-state index in [4.69, 9.17) is 5.73 Å². The summed E-state index contributed by atoms with van der Waals surface area (Å²) in [6.45, 7) is 0. The van der Waals surface area contributed by atoms with Crippen molar-refractivity contribution in [1.82, 2.24) is 0 Å². The Hall–Kier alpha value is -2.48. The van der Waals surface area contributed by atoms with Crippen molar-refractivity contribution in [1.29, 1.82) is 0 Å². The number of nitrogen functional groups attached to an aromatic ring is 1. The van der Waals surface area contributed by atoms with Crippen LogP contribution < -0.4 is 11.1 Å². The van der Waals surface area contributed by atoms with Gasteiger partial charge in [0.15, 0.2) is 0 Å². The number of para-hydroxylation sites is 1. The van der Waals surface area contributed by atoms with Crippen LogP contribution in [0.2, 0.25) is 0 Å². The Balaban J connectivity index is 2.13. The predicted molar refractivity (Wildman–Crippen MR) is 78.1 cm³/mol. The van der Waals surface area contributed by atoms with E-state index in [-0.39, 0.29) is 0 Å². The minimum Gasteiger partial charge on any atom is -0.397 e. The summed E-state index contributed by atoms with van der Waals surface area (Å²) in [5.74, 6) is 0. The first-order chi connectivity index (χ1) is 8.84. The van der Waals surface area contributed by atoms with Crippen LogP contribution >= 0.6 is 0 Å². The first-order valence-corrected chi connectivity index (χ1v) is 5.94. The zero-order valence-corrected chi connectivity index (χ0v) is 9.93. The Labute approximate surface area is 106 Å². The van der Waals surface area contributed by atoms with Crippen LogP contribution in [-0.4, -0.2) is 0 Å². The summed E-state index contributed by atoms with van der Waals surface area (Å²) in [4.78, 5) is 0. The van der Waals surface area contributed by atoms with Crippen LogP contribution in [-0.2, 0) is 0 Å². The van der Waals surface area contributed by atoms with Gasteiger partial charge < -0.3 is 11.1 Å². The predicted octanol–water partition coefficient (Wildman–Crippen LogP) is 4.17. The molecule has 0 spiro atoms. The van der Waals surface area contributed by atoms with E-state index in [9.17, 15) is 0 Å². The number of benzene rings is 3. The highest BCUT2D eigenvalue weighted by atomic mass is 14.9. The summed E-state index contributed by atoms with van der Waals surface area (Å²) in [7, 11) is 0. The molecule has 3 aromatic carbocycles. The van der Waals surface area contributed by atoms with Gasteiger partial charge in [0.25, 0.3) is 0 Å². The topological polar surface area (TPSA) is 38.0 Å². The molecule has 88 valence electrons. The second-order valence-electron chi connectivity index (χ2n) is 4.24. The molecule has 3 N–H and O–H groups in total. The average Bonchev–Trinajstić information content (AvgIpc) is 2.43. The molecule has 0 radical (unpaired) electrons. The van der Waals surface area contributed by atoms with Crippen molar-refractivity contribution >= 4 is 27.8 Å². The molecule has 0 saturated carbocycles. The maximum Gasteiger partial charge on any atom is 0.0697 e. The number of fused-ring (bicyclic) bond motifs is 1. The number of anilines is 3. The fourth-order valence-electron chi connectivity index (χ4n) is 2.09. The van der Waals surface area contributed by atoms with Crippen LogP contribution in [0.25, 0.3) is 10.8 Å². The molecule has 0 aliphatic carbocycles. The minimum absolute atomic E-state index is 0.762. The largest absolute Gasteiger partial charge is 0.397 e. The molecule has 3 aromatic rings. The molecule has 0 amide bonds. The maximum absolute atomic E-state index is 6.07. The zero-order chi connectivity index (χ0) is 12.4. The zero-order valence-electron chi connectivity index (χ0n) is 9.93. The molecule has 0 unspecified atom stereocenters. The maximum atomic E-state index is 6.07. The Bertz CT molecular complexity index is 675. The number of rotatable bonds is 2. The highest BCUT2D eigenvalue weighted by Gasteiger charge is 2.04. The van der Waals surface area contributed by atoms with Gasteiger partial charge in [-0.1, -0.05) is 48.5 Å². The Morgan fingerprint density at radius 2 is 1.44 bits per heavy atom. The van der Waals surface area contributed by atoms with Crippen molar-refractivity contribution in [3.05, 3.63) is 66.7 Å². The van der Waals surface area contributed by atoms with Crippen molar-refractivity contribution in [2.75, 3.05) is 11.1 Å². The quantitative estimate of drug-likeness (QED) is 0.653. The first kappa shape index (κ1) is 10.7. The monoisotopic (exact) mass is 234 g/mol. The fraction of sp³-hybridized carbons (Fsp3) is 0. The van der Waals surface area contributed by atoms with Gasteiger partial charge in [0.05, 0.1) is 11.4 Å². The van der Waals surface area contributed by atoms with Gasteiger partial charge in [0, 0.05) is 11.1 Å². The van der Waals surface area contributed by atoms with Crippen molar-refractivity contribution in [3.8, 4) is 0 Å². The van der Waals surface area contributed by atoms with Crippen molar-refractivity contribution in [2.45, 2.75) is 0 Å². The van der Waals surface area contributed by atoms with E-state index in [1.165, 1.54) is 5.39 Å². The minimum atomic E-state index is 0.762. The molecule has 0 saturated heterocycles. The molecule has 2 heteroatoms. The van der Waals surface area contributed by atoms with E-state index in [2.05, 4.69) is 17.4 Å². The third kappa shape index (κ3) is 1.89. The summed E-state index contributed by atoms with van der Waals surface area (Å²) in [5, 5.41) is 5.72. The highest BCUT2D eigenvalue weighted by molar-refractivity contribution is 6.01. The van der Waals surface area contributed by atoms with Gasteiger partial charge in [-0.25, -0.2) is 0 Å². The summed E-state index contributed by atoms with van der Waals surface area (Å²) in [5.41, 5.74) is 8.85. The van der Waals surface area contributed by atoms with E-state index in [0.717, 1.165) is 22.4 Å². The lowest BCUT2D eigenvalue weighted by atomic mass is 10.1. The Kier molecular flexibility index (Phi) is 2.61. The van der Waals surface area contributed by atoms with E-state index < -0.39 is 0 Å². The van der Waals surface area contributed by atoms with E-state index in [1.54, 1.807) is 0 Å². The fourth-order valence-corrected chi connectivity index (χ4v) is 2.09. The second kappa shape index (κ2) is 4.41. The van der Waals surface area contributed by atoms with Crippen LogP contribution in [0.1, 0.15) is 0 Å². The highest BCUT2D eigenvalue weighted by Crippen LogP contribution is 2.31. The number of nitrogens with two attached hydrogens (primary N) is 1. The van der Waals surface area contributed by atoms with Gasteiger partial charge in [0.2, 0.25) is 0 Å². The van der Waals surface area contributed by atoms with Crippen LogP contribution in [0.4, 0.5) is 17.1 Å². The lowest BCUT2D eigenvalue weighted by Gasteiger charge is -2.12. The molecule has 0 atom stereocenters. The molecule has 0 heterocycles. The molecule has 0 aliphatic heterocycles. The molecule has 0 fully saturated rings. The number of hydrogen-bond donors (Lipinski definition) is 2. The Morgan fingerprint density at radius 1 is 0.722 bits per heavy atom. The van der Waals surface area contributed by atoms with Crippen molar-refractivity contribution in [3.63, 3.8) is 0 Å². The van der Waals surface area contributed by atoms with Crippen LogP contribution in [0.5, 0.6) is 0 Å². The summed E-state index contributed by atoms with van der Waals surface area (Å²) in [6, 6.07) is 22.3. The summed E-state index contributed by atoms with van der Waals surface area (Å²) < 4.78 is 0. The third-order valence-corrected chi connectivity index (χ3v) is 3.00. The van der Waals surface area contributed by atoms with E-state index in [0.29, 0.717) is 0 Å². The summed E-state index contributed by atoms with van der Waals surface area (Å²) in [6.07, 6.45) is 0. The van der Waals surface area contributed by atoms with Gasteiger partial charge >= 0.3 is 0 Å². The molecular weight excluding hydrogens is 220 g/mol. The normalized spacial score (nSPS) is 10.4. The molecule has 3 rings (SSSR count). The van der Waals surface area contributed by atoms with Crippen molar-refractivity contribution < 1.29 is 0 Å². The van der Waals surface area contributed by atoms with E-state index >= 15 is 0 Å². The smallest absolute Gasteiger partial charge is 0.0697 e. The SMILES string of the molecule is Nc1ccc2ccccc2c1Nc1ccccc1. The first-order valence-electron chi connectivity index (χ1n) is 5.94. The third-order valence-electron chi connectivity index (χ3n) is 3.00. The molecule has 18 heavy (non-hydrogen) atoms. The average molecular weight is 234 g/mol. The standard InChI is InChI=1S/C16H14N2/c17-15-11-10-12-6-4-5-9-14(12)16(15)18-13-7-2-1-3-8-13/h1-11,18H,17H2. The van der Waals surface area contributed by atoms with E-state index in [1.807, 2.05) is 54.6 Å². The van der Waals surface area contributed by atoms with Crippen LogP contribution in [0, 0.1) is 0 Å². The lowest BCUT2D eigenvalue weighted by Crippen LogP contribution is -1.97. The molecule has 0 aromatic heterocycles. The summed E-state index contributed by atoms with van der Waals surface area (Å²) >= 11 is 0. The van der Waals surface area contributed by atoms with Gasteiger partial charge in [0.1, 0.15) is 0 Å². The van der Waals surface area contributed by atoms with Crippen LogP contribution in [0.15, 0.2) is 66.7 Å². The van der Waals surface area contributed by atoms with Gasteiger partial charge in [-0.3, -0.25) is 0 Å².